The molecule has 0 N–H and O–H groups in total. The number of hydrogen-bond donors (Lipinski definition) is 0. The fourth-order valence-electron chi connectivity index (χ4n) is 3.10. The Balaban J connectivity index is 3.35. The fourth-order valence-corrected chi connectivity index (χ4v) is 4.05. The van der Waals surface area contributed by atoms with E-state index in [1.165, 1.54) is 88.8 Å². The largest absolute Gasteiger partial charge is 0.297 e. The highest BCUT2D eigenvalue weighted by molar-refractivity contribution is 8.14. The molecule has 0 rings (SSSR count). The van der Waals surface area contributed by atoms with E-state index in [9.17, 15) is 4.79 Å². The van der Waals surface area contributed by atoms with Crippen LogP contribution in [-0.2, 0) is 4.79 Å². The van der Waals surface area contributed by atoms with Crippen LogP contribution in [0.4, 0.5) is 0 Å². The van der Waals surface area contributed by atoms with Crippen molar-refractivity contribution in [1.29, 1.82) is 0 Å². The molecule has 0 aliphatic rings. The van der Waals surface area contributed by atoms with Gasteiger partial charge in [0.15, 0.2) is 5.12 Å². The lowest BCUT2D eigenvalue weighted by molar-refractivity contribution is -0.111. The number of carbonyl (C=O) groups excluding carboxylic acids is 1. The molecule has 0 aromatic rings. The van der Waals surface area contributed by atoms with Crippen molar-refractivity contribution >= 4 is 16.9 Å². The lowest BCUT2D eigenvalue weighted by atomic mass is 10.1. The van der Waals surface area contributed by atoms with E-state index in [4.69, 9.17) is 0 Å². The monoisotopic (exact) mass is 383 g/mol. The van der Waals surface area contributed by atoms with Crippen LogP contribution in [0.3, 0.4) is 0 Å². The van der Waals surface area contributed by atoms with Gasteiger partial charge in [0, 0.05) is 6.42 Å². The van der Waals surface area contributed by atoms with E-state index in [-0.39, 0.29) is 0 Å². The highest BCUT2D eigenvalue weighted by Crippen LogP contribution is 2.20. The van der Waals surface area contributed by atoms with Crippen molar-refractivity contribution in [2.45, 2.75) is 116 Å². The van der Waals surface area contributed by atoms with Crippen LogP contribution in [0.15, 0.2) is 12.2 Å². The molecule has 1 unspecified atom stereocenters. The van der Waals surface area contributed by atoms with E-state index in [0.29, 0.717) is 10.5 Å². The molecule has 1 atom stereocenters. The summed E-state index contributed by atoms with van der Waals surface area (Å²) in [5, 5.41) is 0.703. The average molecular weight is 384 g/mol. The Morgan fingerprint density at radius 3 is 1.81 bits per heavy atom. The summed E-state index contributed by atoms with van der Waals surface area (Å²) in [5.41, 5.74) is 0. The summed E-state index contributed by atoms with van der Waals surface area (Å²) in [5.74, 6) is 0. The summed E-state index contributed by atoms with van der Waals surface area (Å²) < 4.78 is 0. The molecule has 3 heteroatoms. The van der Waals surface area contributed by atoms with Crippen molar-refractivity contribution in [3.8, 4) is 0 Å². The smallest absolute Gasteiger partial charge is 0.190 e. The average Bonchev–Trinajstić information content (AvgIpc) is 2.62. The molecule has 0 aromatic carbocycles. The van der Waals surface area contributed by atoms with Gasteiger partial charge in [0.1, 0.15) is 0 Å². The topological polar surface area (TPSA) is 20.3 Å². The number of rotatable bonds is 18. The van der Waals surface area contributed by atoms with E-state index in [1.807, 2.05) is 0 Å². The minimum atomic E-state index is 0.339. The van der Waals surface area contributed by atoms with Crippen molar-refractivity contribution in [2.24, 2.45) is 0 Å². The Hall–Kier alpha value is -0.280. The van der Waals surface area contributed by atoms with Crippen LogP contribution < -0.4 is 0 Å². The van der Waals surface area contributed by atoms with Gasteiger partial charge >= 0.3 is 0 Å². The van der Waals surface area contributed by atoms with Gasteiger partial charge in [-0.2, -0.15) is 0 Å². The van der Waals surface area contributed by atoms with E-state index in [0.717, 1.165) is 19.3 Å². The van der Waals surface area contributed by atoms with E-state index >= 15 is 0 Å². The summed E-state index contributed by atoms with van der Waals surface area (Å²) in [6.45, 7) is 4.42. The quantitative estimate of drug-likeness (QED) is 0.138. The predicted octanol–water partition coefficient (Wildman–Crippen LogP) is 7.58. The first-order valence-electron chi connectivity index (χ1n) is 11.1. The van der Waals surface area contributed by atoms with Gasteiger partial charge in [-0.3, -0.25) is 9.69 Å². The molecule has 0 saturated heterocycles. The van der Waals surface area contributed by atoms with Crippen LogP contribution in [0.1, 0.15) is 110 Å². The summed E-state index contributed by atoms with van der Waals surface area (Å²) >= 11 is 1.52. The zero-order valence-corrected chi connectivity index (χ0v) is 18.9. The summed E-state index contributed by atoms with van der Waals surface area (Å²) in [6.07, 6.45) is 23.5. The molecule has 0 fully saturated rings. The first-order valence-corrected chi connectivity index (χ1v) is 12.0. The Morgan fingerprint density at radius 1 is 0.808 bits per heavy atom. The van der Waals surface area contributed by atoms with Crippen LogP contribution in [0.2, 0.25) is 0 Å². The highest BCUT2D eigenvalue weighted by atomic mass is 32.2. The summed E-state index contributed by atoms with van der Waals surface area (Å²) in [7, 11) is 4.10. The third-order valence-corrected chi connectivity index (χ3v) is 6.33. The van der Waals surface area contributed by atoms with Gasteiger partial charge in [-0.25, -0.2) is 0 Å². The van der Waals surface area contributed by atoms with Crippen LogP contribution in [-0.4, -0.2) is 29.5 Å². The van der Waals surface area contributed by atoms with Crippen LogP contribution in [0.5, 0.6) is 0 Å². The maximum Gasteiger partial charge on any atom is 0.190 e. The molecule has 26 heavy (non-hydrogen) atoms. The molecule has 0 bridgehead atoms. The third-order valence-electron chi connectivity index (χ3n) is 4.84. The fraction of sp³-hybridized carbons (Fsp3) is 0.870. The molecular weight excluding hydrogens is 338 g/mol. The Labute approximate surface area is 168 Å². The molecule has 0 aromatic heterocycles. The second-order valence-electron chi connectivity index (χ2n) is 7.65. The van der Waals surface area contributed by atoms with E-state index in [2.05, 4.69) is 45.0 Å². The predicted molar refractivity (Wildman–Crippen MR) is 120 cm³/mol. The van der Waals surface area contributed by atoms with Crippen LogP contribution in [0.25, 0.3) is 0 Å². The molecule has 0 aliphatic carbocycles. The van der Waals surface area contributed by atoms with E-state index < -0.39 is 0 Å². The Morgan fingerprint density at radius 2 is 1.31 bits per heavy atom. The van der Waals surface area contributed by atoms with Gasteiger partial charge in [-0.15, -0.1) is 0 Å². The molecular formula is C23H45NOS. The lowest BCUT2D eigenvalue weighted by Crippen LogP contribution is -2.25. The minimum absolute atomic E-state index is 0.339. The molecule has 0 aliphatic heterocycles. The summed E-state index contributed by atoms with van der Waals surface area (Å²) in [6, 6.07) is 0. The SMILES string of the molecule is CCCCCCCC/C=C\CCCCCCCC(=O)SC(CC)N(C)C. The zero-order chi connectivity index (χ0) is 19.5. The summed E-state index contributed by atoms with van der Waals surface area (Å²) in [4.78, 5) is 14.1. The molecule has 2 nitrogen and oxygen atoms in total. The normalized spacial score (nSPS) is 13.0. The van der Waals surface area contributed by atoms with Gasteiger partial charge in [0.05, 0.1) is 5.37 Å². The Kier molecular flexibility index (Phi) is 19.3. The molecule has 0 amide bonds. The van der Waals surface area contributed by atoms with Crippen molar-refractivity contribution in [3.63, 3.8) is 0 Å². The van der Waals surface area contributed by atoms with Gasteiger partial charge in [0.25, 0.3) is 0 Å². The van der Waals surface area contributed by atoms with Crippen molar-refractivity contribution < 1.29 is 4.79 Å². The number of hydrogen-bond acceptors (Lipinski definition) is 3. The highest BCUT2D eigenvalue weighted by Gasteiger charge is 2.14. The van der Waals surface area contributed by atoms with Crippen molar-refractivity contribution in [2.75, 3.05) is 14.1 Å². The second-order valence-corrected chi connectivity index (χ2v) is 8.89. The minimum Gasteiger partial charge on any atom is -0.297 e. The first-order chi connectivity index (χ1) is 12.6. The van der Waals surface area contributed by atoms with Crippen LogP contribution in [0, 0.1) is 0 Å². The number of allylic oxidation sites excluding steroid dienone is 2. The molecule has 0 spiro atoms. The van der Waals surface area contributed by atoms with Crippen molar-refractivity contribution in [3.05, 3.63) is 12.2 Å². The van der Waals surface area contributed by atoms with E-state index in [1.54, 1.807) is 0 Å². The van der Waals surface area contributed by atoms with Crippen LogP contribution >= 0.6 is 11.8 Å². The van der Waals surface area contributed by atoms with Gasteiger partial charge in [-0.1, -0.05) is 89.1 Å². The number of thioether (sulfide) groups is 1. The number of carbonyl (C=O) groups is 1. The standard InChI is InChI=1S/C23H45NOS/c1-5-7-8-9-10-11-12-13-14-15-16-17-18-19-20-21-23(25)26-22(6-2)24(3)4/h13-14,22H,5-12,15-21H2,1-4H3/b14-13-. The number of unbranched alkanes of at least 4 members (excludes halogenated alkanes) is 11. The maximum atomic E-state index is 12.0. The Bertz CT molecular complexity index is 341. The lowest BCUT2D eigenvalue weighted by Gasteiger charge is -2.21. The first kappa shape index (κ1) is 25.7. The molecule has 0 radical (unpaired) electrons. The number of nitrogens with zero attached hydrogens (tertiary/aromatic N) is 1. The van der Waals surface area contributed by atoms with Gasteiger partial charge in [0.2, 0.25) is 0 Å². The molecule has 154 valence electrons. The van der Waals surface area contributed by atoms with Gasteiger partial charge < -0.3 is 0 Å². The van der Waals surface area contributed by atoms with Crippen molar-refractivity contribution in [1.82, 2.24) is 4.90 Å². The molecule has 0 heterocycles. The zero-order valence-electron chi connectivity index (χ0n) is 18.1. The molecule has 0 saturated carbocycles. The maximum absolute atomic E-state index is 12.0. The second kappa shape index (κ2) is 19.5. The van der Waals surface area contributed by atoms with Gasteiger partial charge in [-0.05, 0) is 52.6 Å². The third kappa shape index (κ3) is 17.1.